The van der Waals surface area contributed by atoms with Gasteiger partial charge in [0.15, 0.2) is 0 Å². The van der Waals surface area contributed by atoms with Crippen molar-refractivity contribution < 1.29 is 12.3 Å². The summed E-state index contributed by atoms with van der Waals surface area (Å²) in [6.07, 6.45) is 1.27. The lowest BCUT2D eigenvalue weighted by Crippen LogP contribution is -1.90. The fourth-order valence-electron chi connectivity index (χ4n) is 1.55. The van der Waals surface area contributed by atoms with Gasteiger partial charge < -0.3 is 4.57 Å². The summed E-state index contributed by atoms with van der Waals surface area (Å²) in [5, 5.41) is 0.377. The molecular formula is C9H7BrFNO2S. The van der Waals surface area contributed by atoms with Crippen LogP contribution in [0.2, 0.25) is 0 Å². The topological polar surface area (TPSA) is 39.1 Å². The van der Waals surface area contributed by atoms with Gasteiger partial charge in [0, 0.05) is 23.1 Å². The molecule has 3 nitrogen and oxygen atoms in total. The molecule has 1 aromatic heterocycles. The molecular weight excluding hydrogens is 285 g/mol. The van der Waals surface area contributed by atoms with Crippen LogP contribution in [0.5, 0.6) is 0 Å². The zero-order chi connectivity index (χ0) is 11.2. The molecule has 2 rings (SSSR count). The zero-order valence-electron chi connectivity index (χ0n) is 7.74. The van der Waals surface area contributed by atoms with Crippen LogP contribution >= 0.6 is 15.9 Å². The Morgan fingerprint density at radius 3 is 2.67 bits per heavy atom. The Labute approximate surface area is 94.9 Å². The second kappa shape index (κ2) is 3.31. The Bertz CT molecular complexity index is 633. The maximum absolute atomic E-state index is 13.0. The third-order valence-electron chi connectivity index (χ3n) is 2.19. The number of nitrogens with zero attached hydrogens (tertiary/aromatic N) is 1. The average molecular weight is 292 g/mol. The van der Waals surface area contributed by atoms with Gasteiger partial charge in [-0.1, -0.05) is 22.0 Å². The molecule has 15 heavy (non-hydrogen) atoms. The van der Waals surface area contributed by atoms with Gasteiger partial charge in [-0.2, -0.15) is 8.42 Å². The molecule has 0 unspecified atom stereocenters. The average Bonchev–Trinajstić information content (AvgIpc) is 2.45. The van der Waals surface area contributed by atoms with Crippen LogP contribution in [0.25, 0.3) is 10.9 Å². The number of aromatic nitrogens is 1. The summed E-state index contributed by atoms with van der Waals surface area (Å²) >= 11 is 3.21. The van der Waals surface area contributed by atoms with Crippen LogP contribution in [0, 0.1) is 0 Å². The van der Waals surface area contributed by atoms with E-state index in [-0.39, 0.29) is 4.90 Å². The summed E-state index contributed by atoms with van der Waals surface area (Å²) in [6.45, 7) is 0. The summed E-state index contributed by atoms with van der Waals surface area (Å²) in [6, 6.07) is 5.17. The molecule has 1 heterocycles. The summed E-state index contributed by atoms with van der Waals surface area (Å²) in [5.74, 6) is 0. The molecule has 0 spiro atoms. The van der Waals surface area contributed by atoms with E-state index in [1.54, 1.807) is 29.8 Å². The van der Waals surface area contributed by atoms with Crippen LogP contribution in [0.3, 0.4) is 0 Å². The molecule has 0 aliphatic carbocycles. The summed E-state index contributed by atoms with van der Waals surface area (Å²) in [5.41, 5.74) is 0.667. The number of fused-ring (bicyclic) bond motifs is 1. The van der Waals surface area contributed by atoms with Crippen molar-refractivity contribution in [3.05, 3.63) is 28.9 Å². The van der Waals surface area contributed by atoms with E-state index >= 15 is 0 Å². The van der Waals surface area contributed by atoms with Crippen molar-refractivity contribution >= 4 is 37.1 Å². The first-order valence-electron chi connectivity index (χ1n) is 4.09. The Hall–Kier alpha value is -0.880. The normalized spacial score (nSPS) is 12.2. The molecule has 0 fully saturated rings. The lowest BCUT2D eigenvalue weighted by atomic mass is 10.2. The van der Waals surface area contributed by atoms with Crippen molar-refractivity contribution in [2.75, 3.05) is 0 Å². The number of hydrogen-bond donors (Lipinski definition) is 0. The van der Waals surface area contributed by atoms with Gasteiger partial charge in [-0.15, -0.1) is 3.89 Å². The molecule has 0 saturated heterocycles. The highest BCUT2D eigenvalue weighted by atomic mass is 79.9. The SMILES string of the molecule is Cn1cc(S(=O)(=O)F)c2c(Br)cccc21. The standard InChI is InChI=1S/C9H7BrFNO2S/c1-12-5-8(15(11,13)14)9-6(10)3-2-4-7(9)12/h2-5H,1H3. The summed E-state index contributed by atoms with van der Waals surface area (Å²) in [7, 11) is -3.01. The second-order valence-corrected chi connectivity index (χ2v) is 5.35. The van der Waals surface area contributed by atoms with E-state index in [1.165, 1.54) is 6.20 Å². The van der Waals surface area contributed by atoms with Crippen LogP contribution < -0.4 is 0 Å². The van der Waals surface area contributed by atoms with Crippen molar-refractivity contribution in [1.82, 2.24) is 4.57 Å². The predicted molar refractivity (Wildman–Crippen MR) is 58.9 cm³/mol. The van der Waals surface area contributed by atoms with Crippen molar-refractivity contribution in [2.45, 2.75) is 4.90 Å². The maximum Gasteiger partial charge on any atom is 0.334 e. The highest BCUT2D eigenvalue weighted by molar-refractivity contribution is 9.10. The first-order valence-corrected chi connectivity index (χ1v) is 6.27. The van der Waals surface area contributed by atoms with Gasteiger partial charge in [-0.25, -0.2) is 0 Å². The third kappa shape index (κ3) is 1.68. The van der Waals surface area contributed by atoms with E-state index < -0.39 is 10.2 Å². The summed E-state index contributed by atoms with van der Waals surface area (Å²) in [4.78, 5) is -0.299. The molecule has 80 valence electrons. The molecule has 0 aliphatic heterocycles. The van der Waals surface area contributed by atoms with E-state index in [1.807, 2.05) is 0 Å². The fourth-order valence-corrected chi connectivity index (χ4v) is 2.99. The van der Waals surface area contributed by atoms with Crippen LogP contribution in [0.1, 0.15) is 0 Å². The highest BCUT2D eigenvalue weighted by Gasteiger charge is 2.20. The van der Waals surface area contributed by atoms with Gasteiger partial charge in [-0.3, -0.25) is 0 Å². The smallest absolute Gasteiger partial charge is 0.334 e. The van der Waals surface area contributed by atoms with E-state index in [0.29, 0.717) is 15.4 Å². The minimum Gasteiger partial charge on any atom is -0.349 e. The number of benzene rings is 1. The van der Waals surface area contributed by atoms with E-state index in [2.05, 4.69) is 15.9 Å². The van der Waals surface area contributed by atoms with Crippen molar-refractivity contribution in [1.29, 1.82) is 0 Å². The van der Waals surface area contributed by atoms with Gasteiger partial charge >= 0.3 is 10.2 Å². The van der Waals surface area contributed by atoms with Crippen LogP contribution in [0.4, 0.5) is 3.89 Å². The Morgan fingerprint density at radius 1 is 1.40 bits per heavy atom. The first kappa shape index (κ1) is 10.6. The Morgan fingerprint density at radius 2 is 2.07 bits per heavy atom. The Kier molecular flexibility index (Phi) is 2.35. The van der Waals surface area contributed by atoms with E-state index in [9.17, 15) is 12.3 Å². The number of hydrogen-bond acceptors (Lipinski definition) is 2. The first-order chi connectivity index (χ1) is 6.91. The number of halogens is 2. The maximum atomic E-state index is 13.0. The molecule has 6 heteroatoms. The van der Waals surface area contributed by atoms with Crippen molar-refractivity contribution in [3.63, 3.8) is 0 Å². The largest absolute Gasteiger partial charge is 0.349 e. The van der Waals surface area contributed by atoms with Crippen LogP contribution in [0.15, 0.2) is 33.8 Å². The van der Waals surface area contributed by atoms with Gasteiger partial charge in [0.25, 0.3) is 0 Å². The fraction of sp³-hybridized carbons (Fsp3) is 0.111. The second-order valence-electron chi connectivity index (χ2n) is 3.18. The molecule has 0 aliphatic rings. The third-order valence-corrected chi connectivity index (χ3v) is 3.69. The molecule has 0 amide bonds. The van der Waals surface area contributed by atoms with Crippen LogP contribution in [-0.2, 0) is 17.3 Å². The lowest BCUT2D eigenvalue weighted by Gasteiger charge is -1.97. The quantitative estimate of drug-likeness (QED) is 0.758. The summed E-state index contributed by atoms with van der Waals surface area (Å²) < 4.78 is 36.9. The predicted octanol–water partition coefficient (Wildman–Crippen LogP) is 2.60. The van der Waals surface area contributed by atoms with Crippen molar-refractivity contribution in [2.24, 2.45) is 7.05 Å². The minimum atomic E-state index is -4.68. The Balaban J connectivity index is 3.01. The van der Waals surface area contributed by atoms with Crippen molar-refractivity contribution in [3.8, 4) is 0 Å². The van der Waals surface area contributed by atoms with Gasteiger partial charge in [0.1, 0.15) is 4.90 Å². The lowest BCUT2D eigenvalue weighted by molar-refractivity contribution is 0.552. The number of aryl methyl sites for hydroxylation is 1. The monoisotopic (exact) mass is 291 g/mol. The minimum absolute atomic E-state index is 0.299. The van der Waals surface area contributed by atoms with Gasteiger partial charge in [0.05, 0.1) is 5.52 Å². The molecule has 2 aromatic rings. The molecule has 0 saturated carbocycles. The van der Waals surface area contributed by atoms with Gasteiger partial charge in [0.2, 0.25) is 0 Å². The zero-order valence-corrected chi connectivity index (χ0v) is 10.1. The molecule has 0 N–H and O–H groups in total. The van der Waals surface area contributed by atoms with Gasteiger partial charge in [-0.05, 0) is 12.1 Å². The molecule has 0 radical (unpaired) electrons. The van der Waals surface area contributed by atoms with E-state index in [0.717, 1.165) is 0 Å². The van der Waals surface area contributed by atoms with Crippen LogP contribution in [-0.4, -0.2) is 13.0 Å². The number of rotatable bonds is 1. The molecule has 1 aromatic carbocycles. The highest BCUT2D eigenvalue weighted by Crippen LogP contribution is 2.32. The molecule has 0 atom stereocenters. The van der Waals surface area contributed by atoms with E-state index in [4.69, 9.17) is 0 Å². The molecule has 0 bridgehead atoms.